The molecule has 0 aromatic heterocycles. The van der Waals surface area contributed by atoms with E-state index in [9.17, 15) is 4.39 Å². The molecule has 0 amide bonds. The van der Waals surface area contributed by atoms with Crippen LogP contribution in [-0.4, -0.2) is 6.61 Å². The normalized spacial score (nSPS) is 10.5. The van der Waals surface area contributed by atoms with E-state index >= 15 is 0 Å². The van der Waals surface area contributed by atoms with Crippen molar-refractivity contribution in [1.29, 1.82) is 0 Å². The second-order valence-corrected chi connectivity index (χ2v) is 6.07. The standard InChI is InChI=1S/C15H15ClFIN2O/c1-2-5-21-15-8-14(12(19)7-10(15)17)20-13-4-3-9(16)6-11(13)18/h3-4,6-8,20H,2,5,19H2,1H3. The van der Waals surface area contributed by atoms with Crippen LogP contribution in [0.3, 0.4) is 0 Å². The Morgan fingerprint density at radius 2 is 2.05 bits per heavy atom. The average Bonchev–Trinajstić information content (AvgIpc) is 2.43. The molecule has 2 rings (SSSR count). The van der Waals surface area contributed by atoms with E-state index in [1.807, 2.05) is 19.1 Å². The SMILES string of the molecule is CCCOc1cc(Nc2ccc(Cl)cc2I)c(N)cc1F. The molecule has 0 aliphatic carbocycles. The number of anilines is 3. The molecule has 0 aliphatic heterocycles. The zero-order valence-corrected chi connectivity index (χ0v) is 14.3. The molecule has 0 spiro atoms. The minimum atomic E-state index is -0.461. The van der Waals surface area contributed by atoms with E-state index < -0.39 is 5.82 Å². The van der Waals surface area contributed by atoms with Crippen LogP contribution >= 0.6 is 34.2 Å². The Morgan fingerprint density at radius 1 is 1.29 bits per heavy atom. The van der Waals surface area contributed by atoms with Gasteiger partial charge in [0.15, 0.2) is 11.6 Å². The molecule has 3 nitrogen and oxygen atoms in total. The summed E-state index contributed by atoms with van der Waals surface area (Å²) in [6.07, 6.45) is 0.807. The van der Waals surface area contributed by atoms with Crippen molar-refractivity contribution < 1.29 is 9.13 Å². The molecule has 0 unspecified atom stereocenters. The van der Waals surface area contributed by atoms with Crippen molar-refractivity contribution in [2.75, 3.05) is 17.7 Å². The summed E-state index contributed by atoms with van der Waals surface area (Å²) in [5.74, 6) is -0.269. The second kappa shape index (κ2) is 7.17. The van der Waals surface area contributed by atoms with E-state index in [1.165, 1.54) is 6.07 Å². The molecule has 0 saturated heterocycles. The summed E-state index contributed by atoms with van der Waals surface area (Å²) in [5, 5.41) is 3.83. The third-order valence-corrected chi connectivity index (χ3v) is 3.89. The van der Waals surface area contributed by atoms with Gasteiger partial charge in [-0.25, -0.2) is 4.39 Å². The van der Waals surface area contributed by atoms with Crippen LogP contribution in [0.1, 0.15) is 13.3 Å². The highest BCUT2D eigenvalue weighted by Gasteiger charge is 2.10. The van der Waals surface area contributed by atoms with Gasteiger partial charge in [-0.2, -0.15) is 0 Å². The van der Waals surface area contributed by atoms with Gasteiger partial charge in [-0.3, -0.25) is 0 Å². The van der Waals surface area contributed by atoms with Crippen molar-refractivity contribution in [3.05, 3.63) is 44.7 Å². The van der Waals surface area contributed by atoms with Crippen LogP contribution in [-0.2, 0) is 0 Å². The van der Waals surface area contributed by atoms with Crippen LogP contribution in [0.2, 0.25) is 5.02 Å². The van der Waals surface area contributed by atoms with Gasteiger partial charge in [0.2, 0.25) is 0 Å². The van der Waals surface area contributed by atoms with E-state index in [1.54, 1.807) is 12.1 Å². The summed E-state index contributed by atoms with van der Waals surface area (Å²) < 4.78 is 20.1. The topological polar surface area (TPSA) is 47.3 Å². The van der Waals surface area contributed by atoms with Crippen molar-refractivity contribution in [3.63, 3.8) is 0 Å². The highest BCUT2D eigenvalue weighted by atomic mass is 127. The maximum Gasteiger partial charge on any atom is 0.167 e. The van der Waals surface area contributed by atoms with Gasteiger partial charge in [-0.1, -0.05) is 18.5 Å². The van der Waals surface area contributed by atoms with Crippen molar-refractivity contribution in [3.8, 4) is 5.75 Å². The molecule has 0 atom stereocenters. The maximum atomic E-state index is 13.8. The number of halogens is 3. The molecular weight excluding hydrogens is 406 g/mol. The minimum absolute atomic E-state index is 0.192. The number of nitrogens with one attached hydrogen (secondary N) is 1. The number of benzene rings is 2. The predicted octanol–water partition coefficient (Wildman–Crippen LogP) is 5.20. The number of hydrogen-bond acceptors (Lipinski definition) is 3. The monoisotopic (exact) mass is 420 g/mol. The lowest BCUT2D eigenvalue weighted by Crippen LogP contribution is -2.02. The number of nitrogen functional groups attached to an aromatic ring is 1. The van der Waals surface area contributed by atoms with Crippen LogP contribution in [0, 0.1) is 9.39 Å². The van der Waals surface area contributed by atoms with Gasteiger partial charge in [-0.05, 0) is 47.2 Å². The smallest absolute Gasteiger partial charge is 0.167 e. The van der Waals surface area contributed by atoms with Gasteiger partial charge in [-0.15, -0.1) is 0 Å². The average molecular weight is 421 g/mol. The van der Waals surface area contributed by atoms with Gasteiger partial charge in [0.25, 0.3) is 0 Å². The van der Waals surface area contributed by atoms with Gasteiger partial charge in [0.05, 0.1) is 23.7 Å². The van der Waals surface area contributed by atoms with Gasteiger partial charge < -0.3 is 15.8 Å². The fraction of sp³-hybridized carbons (Fsp3) is 0.200. The molecule has 0 fully saturated rings. The third-order valence-electron chi connectivity index (χ3n) is 2.77. The Balaban J connectivity index is 2.30. The number of ether oxygens (including phenoxy) is 1. The fourth-order valence-electron chi connectivity index (χ4n) is 1.74. The summed E-state index contributed by atoms with van der Waals surface area (Å²) in [6.45, 7) is 2.42. The lowest BCUT2D eigenvalue weighted by atomic mass is 10.2. The summed E-state index contributed by atoms with van der Waals surface area (Å²) in [6, 6.07) is 8.29. The Morgan fingerprint density at radius 3 is 2.71 bits per heavy atom. The quantitative estimate of drug-likeness (QED) is 0.516. The van der Waals surface area contributed by atoms with Crippen molar-refractivity contribution in [2.45, 2.75) is 13.3 Å². The molecule has 0 aliphatic rings. The molecule has 2 aromatic rings. The van der Waals surface area contributed by atoms with Crippen LogP contribution in [0.15, 0.2) is 30.3 Å². The fourth-order valence-corrected chi connectivity index (χ4v) is 2.74. The van der Waals surface area contributed by atoms with E-state index in [0.717, 1.165) is 15.7 Å². The molecule has 0 saturated carbocycles. The molecule has 6 heteroatoms. The van der Waals surface area contributed by atoms with Crippen LogP contribution in [0.4, 0.5) is 21.5 Å². The van der Waals surface area contributed by atoms with Gasteiger partial charge in [0, 0.05) is 20.7 Å². The number of hydrogen-bond donors (Lipinski definition) is 2. The first kappa shape index (κ1) is 16.2. The summed E-state index contributed by atoms with van der Waals surface area (Å²) >= 11 is 8.10. The predicted molar refractivity (Wildman–Crippen MR) is 94.1 cm³/mol. The van der Waals surface area contributed by atoms with Gasteiger partial charge in [0.1, 0.15) is 0 Å². The summed E-state index contributed by atoms with van der Waals surface area (Å²) in [7, 11) is 0. The maximum absolute atomic E-state index is 13.8. The molecule has 112 valence electrons. The van der Waals surface area contributed by atoms with Crippen molar-refractivity contribution in [1.82, 2.24) is 0 Å². The molecule has 3 N–H and O–H groups in total. The molecule has 0 bridgehead atoms. The third kappa shape index (κ3) is 4.14. The first-order chi connectivity index (χ1) is 10.0. The van der Waals surface area contributed by atoms with E-state index in [-0.39, 0.29) is 5.75 Å². The van der Waals surface area contributed by atoms with Crippen LogP contribution in [0.5, 0.6) is 5.75 Å². The van der Waals surface area contributed by atoms with E-state index in [4.69, 9.17) is 22.1 Å². The Bertz CT molecular complexity index is 652. The first-order valence-electron chi connectivity index (χ1n) is 6.45. The van der Waals surface area contributed by atoms with Crippen molar-refractivity contribution >= 4 is 51.3 Å². The van der Waals surface area contributed by atoms with Gasteiger partial charge >= 0.3 is 0 Å². The molecule has 2 aromatic carbocycles. The molecule has 0 radical (unpaired) electrons. The van der Waals surface area contributed by atoms with Crippen LogP contribution < -0.4 is 15.8 Å². The number of nitrogens with two attached hydrogens (primary N) is 1. The van der Waals surface area contributed by atoms with E-state index in [2.05, 4.69) is 27.9 Å². The molecule has 0 heterocycles. The summed E-state index contributed by atoms with van der Waals surface area (Å²) in [4.78, 5) is 0. The highest BCUT2D eigenvalue weighted by Crippen LogP contribution is 2.32. The number of rotatable bonds is 5. The Kier molecular flexibility index (Phi) is 5.52. The largest absolute Gasteiger partial charge is 0.490 e. The zero-order valence-electron chi connectivity index (χ0n) is 11.4. The molecular formula is C15H15ClFIN2O. The lowest BCUT2D eigenvalue weighted by Gasteiger charge is -2.14. The summed E-state index contributed by atoms with van der Waals surface area (Å²) in [5.41, 5.74) is 7.63. The first-order valence-corrected chi connectivity index (χ1v) is 7.90. The Hall–Kier alpha value is -1.21. The van der Waals surface area contributed by atoms with Crippen molar-refractivity contribution in [2.24, 2.45) is 0 Å². The zero-order chi connectivity index (χ0) is 15.4. The lowest BCUT2D eigenvalue weighted by molar-refractivity contribution is 0.301. The second-order valence-electron chi connectivity index (χ2n) is 4.47. The molecule has 21 heavy (non-hydrogen) atoms. The minimum Gasteiger partial charge on any atom is -0.490 e. The Labute approximate surface area is 141 Å². The van der Waals surface area contributed by atoms with Crippen LogP contribution in [0.25, 0.3) is 0 Å². The highest BCUT2D eigenvalue weighted by molar-refractivity contribution is 14.1. The van der Waals surface area contributed by atoms with E-state index in [0.29, 0.717) is 23.0 Å².